The summed E-state index contributed by atoms with van der Waals surface area (Å²) in [5.74, 6) is 0.518. The highest BCUT2D eigenvalue weighted by atomic mass is 16.5. The molecule has 0 atom stereocenters. The lowest BCUT2D eigenvalue weighted by Gasteiger charge is -2.10. The van der Waals surface area contributed by atoms with Crippen LogP contribution in [-0.4, -0.2) is 33.7 Å². The molecule has 0 aliphatic carbocycles. The molecule has 4 aromatic rings. The molecule has 6 heteroatoms. The second-order valence-electron chi connectivity index (χ2n) is 7.13. The van der Waals surface area contributed by atoms with Crippen LogP contribution < -0.4 is 5.32 Å². The van der Waals surface area contributed by atoms with Crippen LogP contribution in [0.4, 0.5) is 5.95 Å². The Morgan fingerprint density at radius 3 is 2.83 bits per heavy atom. The Hall–Kier alpha value is -3.12. The maximum absolute atomic E-state index is 12.9. The summed E-state index contributed by atoms with van der Waals surface area (Å²) in [5.41, 5.74) is 4.99. The van der Waals surface area contributed by atoms with E-state index in [9.17, 15) is 4.79 Å². The zero-order chi connectivity index (χ0) is 20.2. The first kappa shape index (κ1) is 19.2. The van der Waals surface area contributed by atoms with E-state index in [1.807, 2.05) is 62.4 Å². The number of carbonyl (C=O) groups is 1. The minimum absolute atomic E-state index is 0.0702. The number of benzene rings is 2. The first-order valence-corrected chi connectivity index (χ1v) is 10.1. The van der Waals surface area contributed by atoms with Crippen molar-refractivity contribution < 1.29 is 9.53 Å². The van der Waals surface area contributed by atoms with Crippen LogP contribution in [0.15, 0.2) is 48.5 Å². The Kier molecular flexibility index (Phi) is 5.62. The highest BCUT2D eigenvalue weighted by Gasteiger charge is 2.16. The fourth-order valence-electron chi connectivity index (χ4n) is 3.76. The fraction of sp³-hybridized carbons (Fsp3) is 0.304. The molecule has 2 aromatic heterocycles. The van der Waals surface area contributed by atoms with Crippen LogP contribution in [0.3, 0.4) is 0 Å². The van der Waals surface area contributed by atoms with Crippen LogP contribution >= 0.6 is 0 Å². The van der Waals surface area contributed by atoms with Gasteiger partial charge in [0.05, 0.1) is 17.5 Å². The van der Waals surface area contributed by atoms with Crippen molar-refractivity contribution in [3.8, 4) is 0 Å². The average Bonchev–Trinajstić information content (AvgIpc) is 3.22. The van der Waals surface area contributed by atoms with Gasteiger partial charge >= 0.3 is 0 Å². The van der Waals surface area contributed by atoms with Gasteiger partial charge < -0.3 is 14.3 Å². The maximum atomic E-state index is 12.9. The summed E-state index contributed by atoms with van der Waals surface area (Å²) in [5, 5.41) is 4.12. The van der Waals surface area contributed by atoms with Crippen molar-refractivity contribution in [2.75, 3.05) is 18.5 Å². The first-order chi connectivity index (χ1) is 14.2. The van der Waals surface area contributed by atoms with Crippen LogP contribution in [0.5, 0.6) is 0 Å². The summed E-state index contributed by atoms with van der Waals surface area (Å²) in [7, 11) is 0. The topological polar surface area (TPSA) is 71.9 Å². The maximum Gasteiger partial charge on any atom is 0.231 e. The number of aromatic nitrogens is 3. The predicted octanol–water partition coefficient (Wildman–Crippen LogP) is 4.43. The summed E-state index contributed by atoms with van der Waals surface area (Å²) in [6, 6.07) is 16.0. The number of H-pyrrole nitrogens is 1. The monoisotopic (exact) mass is 390 g/mol. The number of fused-ring (bicyclic) bond motifs is 2. The van der Waals surface area contributed by atoms with E-state index in [1.54, 1.807) is 0 Å². The van der Waals surface area contributed by atoms with Gasteiger partial charge in [-0.1, -0.05) is 30.3 Å². The first-order valence-electron chi connectivity index (χ1n) is 10.1. The number of carbonyl (C=O) groups excluding carboxylic acids is 1. The fourth-order valence-corrected chi connectivity index (χ4v) is 3.76. The third-order valence-electron chi connectivity index (χ3n) is 5.14. The van der Waals surface area contributed by atoms with Crippen molar-refractivity contribution >= 4 is 33.8 Å². The molecule has 0 spiro atoms. The number of amides is 1. The molecule has 0 bridgehead atoms. The van der Waals surface area contributed by atoms with Crippen LogP contribution in [0.2, 0.25) is 0 Å². The predicted molar refractivity (Wildman–Crippen MR) is 116 cm³/mol. The zero-order valence-corrected chi connectivity index (χ0v) is 16.9. The highest BCUT2D eigenvalue weighted by Crippen LogP contribution is 2.24. The molecule has 1 amide bonds. The average molecular weight is 390 g/mol. The molecule has 0 saturated carbocycles. The number of hydrogen-bond donors (Lipinski definition) is 2. The number of aromatic amines is 1. The molecule has 0 aliphatic heterocycles. The van der Waals surface area contributed by atoms with Crippen LogP contribution in [0, 0.1) is 6.92 Å². The second-order valence-corrected chi connectivity index (χ2v) is 7.13. The van der Waals surface area contributed by atoms with Gasteiger partial charge in [0.25, 0.3) is 0 Å². The van der Waals surface area contributed by atoms with Crippen LogP contribution in [0.1, 0.15) is 24.6 Å². The molecule has 2 aromatic carbocycles. The van der Waals surface area contributed by atoms with Gasteiger partial charge in [-0.3, -0.25) is 10.1 Å². The van der Waals surface area contributed by atoms with Gasteiger partial charge in [0, 0.05) is 36.4 Å². The molecule has 0 fully saturated rings. The number of para-hydroxylation sites is 3. The number of nitrogens with one attached hydrogen (secondary N) is 2. The second kappa shape index (κ2) is 8.49. The number of anilines is 1. The largest absolute Gasteiger partial charge is 0.382 e. The van der Waals surface area contributed by atoms with E-state index < -0.39 is 0 Å². The van der Waals surface area contributed by atoms with Crippen molar-refractivity contribution in [3.05, 3.63) is 59.8 Å². The number of imidazole rings is 1. The lowest BCUT2D eigenvalue weighted by Crippen LogP contribution is -2.18. The van der Waals surface area contributed by atoms with Gasteiger partial charge in [-0.05, 0) is 44.0 Å². The van der Waals surface area contributed by atoms with Crippen molar-refractivity contribution in [1.82, 2.24) is 14.5 Å². The zero-order valence-electron chi connectivity index (χ0n) is 16.9. The minimum Gasteiger partial charge on any atom is -0.382 e. The molecular formula is C23H26N4O2. The van der Waals surface area contributed by atoms with E-state index in [0.29, 0.717) is 25.6 Å². The van der Waals surface area contributed by atoms with Gasteiger partial charge in [-0.15, -0.1) is 0 Å². The minimum atomic E-state index is -0.0702. The Morgan fingerprint density at radius 2 is 1.97 bits per heavy atom. The Balaban J connectivity index is 1.56. The molecule has 2 heterocycles. The third-order valence-corrected chi connectivity index (χ3v) is 5.14. The molecule has 6 nitrogen and oxygen atoms in total. The number of nitrogens with zero attached hydrogens (tertiary/aromatic N) is 2. The van der Waals surface area contributed by atoms with Crippen LogP contribution in [-0.2, 0) is 22.5 Å². The number of rotatable bonds is 8. The van der Waals surface area contributed by atoms with Crippen molar-refractivity contribution in [2.45, 2.75) is 33.2 Å². The van der Waals surface area contributed by atoms with Crippen LogP contribution in [0.25, 0.3) is 21.9 Å². The Morgan fingerprint density at radius 1 is 1.17 bits per heavy atom. The van der Waals surface area contributed by atoms with E-state index in [1.165, 1.54) is 0 Å². The summed E-state index contributed by atoms with van der Waals surface area (Å²) in [4.78, 5) is 20.9. The van der Waals surface area contributed by atoms with E-state index in [0.717, 1.165) is 46.2 Å². The molecule has 0 saturated heterocycles. The smallest absolute Gasteiger partial charge is 0.231 e. The SMILES string of the molecule is CCOCCCn1c(NC(=O)Cc2c(C)[nH]c3ccccc23)nc2ccccc21. The number of hydrogen-bond acceptors (Lipinski definition) is 3. The number of aryl methyl sites for hydroxylation is 2. The van der Waals surface area contributed by atoms with Crippen molar-refractivity contribution in [2.24, 2.45) is 0 Å². The van der Waals surface area contributed by atoms with E-state index in [2.05, 4.69) is 19.9 Å². The molecule has 29 heavy (non-hydrogen) atoms. The van der Waals surface area contributed by atoms with E-state index in [4.69, 9.17) is 4.74 Å². The normalized spacial score (nSPS) is 11.4. The number of ether oxygens (including phenoxy) is 1. The van der Waals surface area contributed by atoms with Crippen molar-refractivity contribution in [1.29, 1.82) is 0 Å². The summed E-state index contributed by atoms with van der Waals surface area (Å²) >= 11 is 0. The third kappa shape index (κ3) is 4.03. The molecule has 0 radical (unpaired) electrons. The quantitative estimate of drug-likeness (QED) is 0.437. The Labute approximate surface area is 169 Å². The molecule has 4 rings (SSSR count). The summed E-state index contributed by atoms with van der Waals surface area (Å²) < 4.78 is 7.53. The van der Waals surface area contributed by atoms with Crippen molar-refractivity contribution in [3.63, 3.8) is 0 Å². The molecule has 0 unspecified atom stereocenters. The Bertz CT molecular complexity index is 1140. The lowest BCUT2D eigenvalue weighted by atomic mass is 10.1. The molecule has 150 valence electrons. The van der Waals surface area contributed by atoms with Gasteiger partial charge in [-0.2, -0.15) is 0 Å². The molecule has 2 N–H and O–H groups in total. The van der Waals surface area contributed by atoms with Gasteiger partial charge in [0.1, 0.15) is 0 Å². The van der Waals surface area contributed by atoms with Gasteiger partial charge in [0.2, 0.25) is 11.9 Å². The molecule has 0 aliphatic rings. The summed E-state index contributed by atoms with van der Waals surface area (Å²) in [6.07, 6.45) is 1.16. The lowest BCUT2D eigenvalue weighted by molar-refractivity contribution is -0.115. The highest BCUT2D eigenvalue weighted by molar-refractivity contribution is 5.96. The summed E-state index contributed by atoms with van der Waals surface area (Å²) in [6.45, 7) is 6.13. The molecular weight excluding hydrogens is 364 g/mol. The van der Waals surface area contributed by atoms with E-state index >= 15 is 0 Å². The standard InChI is InChI=1S/C23H26N4O2/c1-3-29-14-8-13-27-21-12-7-6-11-20(21)25-23(27)26-22(28)15-18-16(2)24-19-10-5-4-9-17(18)19/h4-7,9-12,24H,3,8,13-15H2,1-2H3,(H,25,26,28). The van der Waals surface area contributed by atoms with Gasteiger partial charge in [-0.25, -0.2) is 4.98 Å². The van der Waals surface area contributed by atoms with E-state index in [-0.39, 0.29) is 5.91 Å². The van der Waals surface area contributed by atoms with Gasteiger partial charge in [0.15, 0.2) is 0 Å².